The van der Waals surface area contributed by atoms with Crippen LogP contribution < -0.4 is 10.2 Å². The molecule has 28 heavy (non-hydrogen) atoms. The van der Waals surface area contributed by atoms with Gasteiger partial charge in [0, 0.05) is 12.7 Å². The minimum atomic E-state index is 0.0148. The van der Waals surface area contributed by atoms with E-state index >= 15 is 0 Å². The molecule has 0 atom stereocenters. The van der Waals surface area contributed by atoms with Crippen molar-refractivity contribution in [2.75, 3.05) is 43.8 Å². The van der Waals surface area contributed by atoms with Gasteiger partial charge in [0.1, 0.15) is 0 Å². The fourth-order valence-electron chi connectivity index (χ4n) is 3.18. The summed E-state index contributed by atoms with van der Waals surface area (Å²) in [6.07, 6.45) is 0.881. The second-order valence-electron chi connectivity index (χ2n) is 6.74. The minimum absolute atomic E-state index is 0.0148. The highest BCUT2D eigenvalue weighted by Gasteiger charge is 2.25. The van der Waals surface area contributed by atoms with Crippen LogP contribution in [-0.4, -0.2) is 75.4 Å². The zero-order valence-electron chi connectivity index (χ0n) is 16.2. The maximum Gasteiger partial charge on any atom is 0.279 e. The fraction of sp³-hybridized carbons (Fsp3) is 0.500. The topological polar surface area (TPSA) is 97.5 Å². The Balaban J connectivity index is 1.41. The van der Waals surface area contributed by atoms with Crippen LogP contribution in [-0.2, 0) is 23.1 Å². The lowest BCUT2D eigenvalue weighted by atomic mass is 10.1. The molecule has 10 heteroatoms. The number of carbonyl (C=O) groups excluding carboxylic acids is 2. The number of para-hydroxylation sites is 1. The van der Waals surface area contributed by atoms with E-state index in [0.717, 1.165) is 30.8 Å². The molecule has 9 nitrogen and oxygen atoms in total. The molecule has 0 unspecified atom stereocenters. The molecule has 150 valence electrons. The Hall–Kier alpha value is -2.46. The van der Waals surface area contributed by atoms with E-state index in [4.69, 9.17) is 0 Å². The summed E-state index contributed by atoms with van der Waals surface area (Å²) >= 11 is 1.34. The van der Waals surface area contributed by atoms with E-state index in [0.29, 0.717) is 30.5 Å². The number of quaternary nitrogens is 1. The molecule has 2 amide bonds. The van der Waals surface area contributed by atoms with Crippen LogP contribution >= 0.6 is 11.8 Å². The number of amides is 2. The highest BCUT2D eigenvalue weighted by atomic mass is 32.2. The monoisotopic (exact) mass is 404 g/mol. The molecule has 0 spiro atoms. The Morgan fingerprint density at radius 3 is 2.68 bits per heavy atom. The summed E-state index contributed by atoms with van der Waals surface area (Å²) in [5.74, 6) is 0.409. The first-order chi connectivity index (χ1) is 13.6. The SMILES string of the molecule is CCc1ccccc1NC(=O)C[NH+]1CCN(C(=O)CSc2nnnn2C)CC1. The quantitative estimate of drug-likeness (QED) is 0.589. The van der Waals surface area contributed by atoms with Crippen molar-refractivity contribution < 1.29 is 14.5 Å². The van der Waals surface area contributed by atoms with Gasteiger partial charge in [0.25, 0.3) is 5.91 Å². The summed E-state index contributed by atoms with van der Waals surface area (Å²) in [6.45, 7) is 5.34. The summed E-state index contributed by atoms with van der Waals surface area (Å²) in [5, 5.41) is 14.8. The molecule has 1 aromatic heterocycles. The molecule has 1 saturated heterocycles. The van der Waals surface area contributed by atoms with Crippen molar-refractivity contribution in [3.63, 3.8) is 0 Å². The van der Waals surface area contributed by atoms with Crippen LogP contribution in [0.1, 0.15) is 12.5 Å². The average molecular weight is 405 g/mol. The summed E-state index contributed by atoms with van der Waals surface area (Å²) in [4.78, 5) is 27.8. The van der Waals surface area contributed by atoms with Crippen molar-refractivity contribution >= 4 is 29.3 Å². The van der Waals surface area contributed by atoms with Gasteiger partial charge in [-0.05, 0) is 28.5 Å². The van der Waals surface area contributed by atoms with Gasteiger partial charge in [-0.1, -0.05) is 36.9 Å². The van der Waals surface area contributed by atoms with Crippen LogP contribution in [0.15, 0.2) is 29.4 Å². The highest BCUT2D eigenvalue weighted by Crippen LogP contribution is 2.15. The molecule has 0 aliphatic carbocycles. The molecule has 1 aromatic carbocycles. The number of carbonyl (C=O) groups is 2. The van der Waals surface area contributed by atoms with Gasteiger partial charge in [0.2, 0.25) is 11.1 Å². The number of hydrogen-bond donors (Lipinski definition) is 2. The molecule has 3 rings (SSSR count). The van der Waals surface area contributed by atoms with Gasteiger partial charge in [-0.3, -0.25) is 9.59 Å². The van der Waals surface area contributed by atoms with Crippen molar-refractivity contribution in [1.29, 1.82) is 0 Å². The second-order valence-corrected chi connectivity index (χ2v) is 7.68. The molecular formula is C18H26N7O2S+. The van der Waals surface area contributed by atoms with Gasteiger partial charge in [0.05, 0.1) is 31.9 Å². The smallest absolute Gasteiger partial charge is 0.279 e. The van der Waals surface area contributed by atoms with E-state index in [1.165, 1.54) is 16.7 Å². The molecule has 2 heterocycles. The molecule has 0 radical (unpaired) electrons. The van der Waals surface area contributed by atoms with Crippen LogP contribution in [0.2, 0.25) is 0 Å². The number of tetrazole rings is 1. The first kappa shape index (κ1) is 20.3. The van der Waals surface area contributed by atoms with E-state index in [2.05, 4.69) is 27.8 Å². The Morgan fingerprint density at radius 2 is 2.00 bits per heavy atom. The Labute approximate surface area is 168 Å². The Morgan fingerprint density at radius 1 is 1.25 bits per heavy atom. The molecule has 2 N–H and O–H groups in total. The zero-order valence-corrected chi connectivity index (χ0v) is 17.0. The number of benzene rings is 1. The van der Waals surface area contributed by atoms with Gasteiger partial charge >= 0.3 is 0 Å². The summed E-state index contributed by atoms with van der Waals surface area (Å²) in [7, 11) is 1.75. The third kappa shape index (κ3) is 5.29. The normalized spacial score (nSPS) is 14.9. The third-order valence-electron chi connectivity index (χ3n) is 4.81. The number of nitrogens with one attached hydrogen (secondary N) is 2. The van der Waals surface area contributed by atoms with E-state index in [9.17, 15) is 9.59 Å². The largest absolute Gasteiger partial charge is 0.331 e. The summed E-state index contributed by atoms with van der Waals surface area (Å²) in [5.41, 5.74) is 2.02. The van der Waals surface area contributed by atoms with Gasteiger partial charge < -0.3 is 15.1 Å². The van der Waals surface area contributed by atoms with Gasteiger partial charge in [-0.15, -0.1) is 5.10 Å². The summed E-state index contributed by atoms with van der Waals surface area (Å²) in [6, 6.07) is 7.88. The van der Waals surface area contributed by atoms with Gasteiger partial charge in [-0.25, -0.2) is 4.68 Å². The fourth-order valence-corrected chi connectivity index (χ4v) is 3.93. The molecule has 0 saturated carbocycles. The van der Waals surface area contributed by atoms with Crippen molar-refractivity contribution in [2.24, 2.45) is 7.05 Å². The number of aromatic nitrogens is 4. The van der Waals surface area contributed by atoms with Crippen LogP contribution in [0.4, 0.5) is 5.69 Å². The van der Waals surface area contributed by atoms with Crippen molar-refractivity contribution in [1.82, 2.24) is 25.1 Å². The second kappa shape index (κ2) is 9.65. The molecule has 2 aromatic rings. The molecule has 0 bridgehead atoms. The van der Waals surface area contributed by atoms with Gasteiger partial charge in [0.15, 0.2) is 6.54 Å². The van der Waals surface area contributed by atoms with Crippen LogP contribution in [0.5, 0.6) is 0 Å². The van der Waals surface area contributed by atoms with Gasteiger partial charge in [-0.2, -0.15) is 0 Å². The van der Waals surface area contributed by atoms with Crippen molar-refractivity contribution in [3.05, 3.63) is 29.8 Å². The summed E-state index contributed by atoms with van der Waals surface area (Å²) < 4.78 is 1.55. The number of nitrogens with zero attached hydrogens (tertiary/aromatic N) is 5. The molecule has 1 aliphatic rings. The lowest BCUT2D eigenvalue weighted by Crippen LogP contribution is -3.15. The average Bonchev–Trinajstić information content (AvgIpc) is 3.12. The van der Waals surface area contributed by atoms with E-state index in [1.54, 1.807) is 11.7 Å². The number of anilines is 1. The minimum Gasteiger partial charge on any atom is -0.331 e. The molecule has 1 fully saturated rings. The van der Waals surface area contributed by atoms with E-state index in [1.807, 2.05) is 29.2 Å². The lowest BCUT2D eigenvalue weighted by Gasteiger charge is -2.31. The standard InChI is InChI=1S/C18H25N7O2S/c1-3-14-6-4-5-7-15(14)19-16(26)12-24-8-10-25(11-9-24)17(27)13-28-18-20-21-22-23(18)2/h4-7H,3,8-13H2,1-2H3,(H,19,26)/p+1. The van der Waals surface area contributed by atoms with E-state index < -0.39 is 0 Å². The number of piperazine rings is 1. The lowest BCUT2D eigenvalue weighted by molar-refractivity contribution is -0.895. The molecule has 1 aliphatic heterocycles. The van der Waals surface area contributed by atoms with Crippen LogP contribution in [0.3, 0.4) is 0 Å². The Kier molecular flexibility index (Phi) is 6.99. The van der Waals surface area contributed by atoms with Crippen molar-refractivity contribution in [3.8, 4) is 0 Å². The van der Waals surface area contributed by atoms with Crippen LogP contribution in [0, 0.1) is 0 Å². The maximum absolute atomic E-state index is 12.4. The molecular weight excluding hydrogens is 378 g/mol. The van der Waals surface area contributed by atoms with Crippen LogP contribution in [0.25, 0.3) is 0 Å². The number of aryl methyl sites for hydroxylation is 2. The Bertz CT molecular complexity index is 818. The first-order valence-electron chi connectivity index (χ1n) is 9.41. The number of thioether (sulfide) groups is 1. The highest BCUT2D eigenvalue weighted by molar-refractivity contribution is 7.99. The number of hydrogen-bond acceptors (Lipinski definition) is 6. The van der Waals surface area contributed by atoms with E-state index in [-0.39, 0.29) is 11.8 Å². The predicted molar refractivity (Wildman–Crippen MR) is 106 cm³/mol. The van der Waals surface area contributed by atoms with Crippen molar-refractivity contribution in [2.45, 2.75) is 18.5 Å². The maximum atomic E-state index is 12.4. The predicted octanol–water partition coefficient (Wildman–Crippen LogP) is -0.770. The number of rotatable bonds is 7. The first-order valence-corrected chi connectivity index (χ1v) is 10.4. The zero-order chi connectivity index (χ0) is 19.9. The third-order valence-corrected chi connectivity index (χ3v) is 5.81.